The summed E-state index contributed by atoms with van der Waals surface area (Å²) in [4.78, 5) is 22.5. The van der Waals surface area contributed by atoms with Crippen molar-refractivity contribution in [1.29, 1.82) is 0 Å². The Morgan fingerprint density at radius 1 is 1.36 bits per heavy atom. The molecule has 0 aliphatic carbocycles. The van der Waals surface area contributed by atoms with Gasteiger partial charge in [-0.05, 0) is 31.7 Å². The van der Waals surface area contributed by atoms with Gasteiger partial charge in [0.25, 0.3) is 0 Å². The number of nitrogens with two attached hydrogens (primary N) is 1. The van der Waals surface area contributed by atoms with Crippen molar-refractivity contribution in [2.45, 2.75) is 38.3 Å². The molecule has 1 atom stereocenters. The number of pyridine rings is 1. The first-order valence-corrected chi connectivity index (χ1v) is 9.71. The molecule has 1 aromatic rings. The van der Waals surface area contributed by atoms with E-state index in [0.717, 1.165) is 69.3 Å². The molecule has 3 rings (SSSR count). The number of hydrogen-bond donors (Lipinski definition) is 3. The Labute approximate surface area is 183 Å². The lowest BCUT2D eigenvalue weighted by molar-refractivity contribution is -0.122. The second kappa shape index (κ2) is 11.4. The highest BCUT2D eigenvalue weighted by atomic mass is 127. The van der Waals surface area contributed by atoms with E-state index >= 15 is 0 Å². The number of aliphatic imine (C=N–C) groups is 1. The first kappa shape index (κ1) is 22.7. The molecule has 2 aliphatic rings. The van der Waals surface area contributed by atoms with Gasteiger partial charge in [-0.3, -0.25) is 9.79 Å². The number of anilines is 1. The summed E-state index contributed by atoms with van der Waals surface area (Å²) in [6.07, 6.45) is 5.86. The molecule has 1 amide bonds. The highest BCUT2D eigenvalue weighted by Gasteiger charge is 2.25. The van der Waals surface area contributed by atoms with Gasteiger partial charge in [-0.15, -0.1) is 24.0 Å². The van der Waals surface area contributed by atoms with Crippen LogP contribution in [0.2, 0.25) is 0 Å². The van der Waals surface area contributed by atoms with Crippen molar-refractivity contribution >= 4 is 41.7 Å². The molecule has 2 saturated heterocycles. The summed E-state index contributed by atoms with van der Waals surface area (Å²) >= 11 is 0. The molecule has 2 fully saturated rings. The molecule has 0 aromatic carbocycles. The number of hydrogen-bond acceptors (Lipinski definition) is 5. The van der Waals surface area contributed by atoms with Crippen molar-refractivity contribution in [3.05, 3.63) is 23.9 Å². The number of nitrogens with one attached hydrogen (secondary N) is 2. The number of amides is 1. The monoisotopic (exact) mass is 502 g/mol. The molecule has 2 aliphatic heterocycles. The third-order valence-corrected chi connectivity index (χ3v) is 5.26. The van der Waals surface area contributed by atoms with Crippen LogP contribution in [0.5, 0.6) is 0 Å². The largest absolute Gasteiger partial charge is 0.376 e. The second-order valence-corrected chi connectivity index (χ2v) is 7.09. The number of ether oxygens (including phenoxy) is 1. The quantitative estimate of drug-likeness (QED) is 0.307. The lowest BCUT2D eigenvalue weighted by atomic mass is 9.96. The topological polar surface area (TPSA) is 105 Å². The van der Waals surface area contributed by atoms with Gasteiger partial charge >= 0.3 is 0 Å². The number of rotatable bonds is 6. The number of nitrogens with zero attached hydrogens (tertiary/aromatic N) is 3. The molecule has 0 radical (unpaired) electrons. The number of piperidine rings is 1. The zero-order valence-corrected chi connectivity index (χ0v) is 18.7. The van der Waals surface area contributed by atoms with Crippen LogP contribution in [0.1, 0.15) is 31.2 Å². The van der Waals surface area contributed by atoms with E-state index in [-0.39, 0.29) is 41.9 Å². The molecule has 0 bridgehead atoms. The maximum atomic E-state index is 11.4. The van der Waals surface area contributed by atoms with E-state index in [4.69, 9.17) is 10.5 Å². The Morgan fingerprint density at radius 3 is 2.79 bits per heavy atom. The van der Waals surface area contributed by atoms with Crippen LogP contribution in [-0.4, -0.2) is 56.2 Å². The Morgan fingerprint density at radius 2 is 2.14 bits per heavy atom. The summed E-state index contributed by atoms with van der Waals surface area (Å²) in [7, 11) is 1.77. The van der Waals surface area contributed by atoms with Gasteiger partial charge in [0, 0.05) is 57.5 Å². The molecule has 0 spiro atoms. The zero-order chi connectivity index (χ0) is 19.1. The first-order valence-electron chi connectivity index (χ1n) is 9.71. The summed E-state index contributed by atoms with van der Waals surface area (Å²) in [5.74, 6) is 1.50. The van der Waals surface area contributed by atoms with Crippen molar-refractivity contribution in [3.63, 3.8) is 0 Å². The second-order valence-electron chi connectivity index (χ2n) is 7.09. The van der Waals surface area contributed by atoms with Crippen LogP contribution in [-0.2, 0) is 16.1 Å². The molecule has 3 heterocycles. The van der Waals surface area contributed by atoms with Crippen LogP contribution in [0.15, 0.2) is 23.3 Å². The number of primary amides is 1. The fourth-order valence-corrected chi connectivity index (χ4v) is 3.64. The van der Waals surface area contributed by atoms with Crippen LogP contribution >= 0.6 is 24.0 Å². The van der Waals surface area contributed by atoms with Gasteiger partial charge in [-0.1, -0.05) is 6.07 Å². The van der Waals surface area contributed by atoms with Crippen LogP contribution in [0, 0.1) is 5.92 Å². The molecular formula is C19H31IN6O2. The number of aromatic nitrogens is 1. The van der Waals surface area contributed by atoms with Crippen LogP contribution in [0.4, 0.5) is 5.82 Å². The molecular weight excluding hydrogens is 471 g/mol. The van der Waals surface area contributed by atoms with Crippen molar-refractivity contribution in [2.75, 3.05) is 38.2 Å². The van der Waals surface area contributed by atoms with Crippen LogP contribution in [0.25, 0.3) is 0 Å². The molecule has 0 saturated carbocycles. The van der Waals surface area contributed by atoms with Gasteiger partial charge in [0.1, 0.15) is 5.82 Å². The van der Waals surface area contributed by atoms with E-state index in [0.29, 0.717) is 6.54 Å². The summed E-state index contributed by atoms with van der Waals surface area (Å²) < 4.78 is 5.64. The molecule has 9 heteroatoms. The number of halogens is 1. The summed E-state index contributed by atoms with van der Waals surface area (Å²) in [5.41, 5.74) is 6.55. The zero-order valence-electron chi connectivity index (χ0n) is 16.4. The van der Waals surface area contributed by atoms with Crippen LogP contribution in [0.3, 0.4) is 0 Å². The van der Waals surface area contributed by atoms with E-state index in [2.05, 4.69) is 31.6 Å². The average Bonchev–Trinajstić information content (AvgIpc) is 3.22. The Bertz CT molecular complexity index is 658. The fraction of sp³-hybridized carbons (Fsp3) is 0.632. The third-order valence-electron chi connectivity index (χ3n) is 5.26. The van der Waals surface area contributed by atoms with Crippen molar-refractivity contribution in [3.8, 4) is 0 Å². The van der Waals surface area contributed by atoms with E-state index < -0.39 is 0 Å². The van der Waals surface area contributed by atoms with E-state index in [1.165, 1.54) is 0 Å². The normalized spacial score (nSPS) is 20.5. The van der Waals surface area contributed by atoms with Crippen molar-refractivity contribution < 1.29 is 9.53 Å². The standard InChI is InChI=1S/C19H30N6O2.HI/c1-21-19(24-13-16-5-3-11-27-16)23-12-15-4-2-8-22-18(15)25-9-6-14(7-10-25)17(20)26;/h2,4,8,14,16H,3,5-7,9-13H2,1H3,(H2,20,26)(H2,21,23,24);1H. The maximum absolute atomic E-state index is 11.4. The van der Waals surface area contributed by atoms with E-state index in [1.807, 2.05) is 12.3 Å². The van der Waals surface area contributed by atoms with E-state index in [9.17, 15) is 4.79 Å². The first-order chi connectivity index (χ1) is 13.2. The van der Waals surface area contributed by atoms with Gasteiger partial charge in [0.05, 0.1) is 6.10 Å². The average molecular weight is 502 g/mol. The van der Waals surface area contributed by atoms with Gasteiger partial charge in [0.15, 0.2) is 5.96 Å². The van der Waals surface area contributed by atoms with E-state index in [1.54, 1.807) is 7.05 Å². The minimum Gasteiger partial charge on any atom is -0.376 e. The fourth-order valence-electron chi connectivity index (χ4n) is 3.64. The molecule has 4 N–H and O–H groups in total. The van der Waals surface area contributed by atoms with Crippen molar-refractivity contribution in [2.24, 2.45) is 16.6 Å². The SMILES string of the molecule is CN=C(NCc1cccnc1N1CCC(C(N)=O)CC1)NCC1CCCO1.I. The van der Waals surface area contributed by atoms with Gasteiger partial charge < -0.3 is 26.0 Å². The highest BCUT2D eigenvalue weighted by molar-refractivity contribution is 14.0. The molecule has 28 heavy (non-hydrogen) atoms. The number of carbonyl (C=O) groups is 1. The van der Waals surface area contributed by atoms with Crippen molar-refractivity contribution in [1.82, 2.24) is 15.6 Å². The molecule has 1 unspecified atom stereocenters. The van der Waals surface area contributed by atoms with Crippen LogP contribution < -0.4 is 21.3 Å². The smallest absolute Gasteiger partial charge is 0.220 e. The predicted octanol–water partition coefficient (Wildman–Crippen LogP) is 1.25. The Kier molecular flexibility index (Phi) is 9.23. The Hall–Kier alpha value is -1.62. The molecule has 156 valence electrons. The third kappa shape index (κ3) is 6.20. The maximum Gasteiger partial charge on any atom is 0.220 e. The predicted molar refractivity (Wildman–Crippen MR) is 121 cm³/mol. The summed E-state index contributed by atoms with van der Waals surface area (Å²) in [5, 5.41) is 6.69. The van der Waals surface area contributed by atoms with Gasteiger partial charge in [-0.2, -0.15) is 0 Å². The summed E-state index contributed by atoms with van der Waals surface area (Å²) in [6, 6.07) is 4.02. The summed E-state index contributed by atoms with van der Waals surface area (Å²) in [6.45, 7) is 3.83. The van der Waals surface area contributed by atoms with Gasteiger partial charge in [0.2, 0.25) is 5.91 Å². The number of carbonyl (C=O) groups excluding carboxylic acids is 1. The minimum absolute atomic E-state index is 0. The molecule has 8 nitrogen and oxygen atoms in total. The highest BCUT2D eigenvalue weighted by Crippen LogP contribution is 2.24. The number of guanidine groups is 1. The molecule has 1 aromatic heterocycles. The minimum atomic E-state index is -0.196. The lowest BCUT2D eigenvalue weighted by Crippen LogP contribution is -2.41. The van der Waals surface area contributed by atoms with Gasteiger partial charge in [-0.25, -0.2) is 4.98 Å². The lowest BCUT2D eigenvalue weighted by Gasteiger charge is -2.32. The Balaban J connectivity index is 0.00000280.